The van der Waals surface area contributed by atoms with E-state index in [1.807, 2.05) is 0 Å². The zero-order valence-electron chi connectivity index (χ0n) is 14.6. The van der Waals surface area contributed by atoms with Crippen molar-refractivity contribution in [2.45, 2.75) is 18.2 Å². The minimum Gasteiger partial charge on any atom is -0.385 e. The number of urea groups is 1. The third-order valence-electron chi connectivity index (χ3n) is 3.42. The molecule has 0 radical (unpaired) electrons. The van der Waals surface area contributed by atoms with Gasteiger partial charge in [-0.1, -0.05) is 17.4 Å². The first-order valence-electron chi connectivity index (χ1n) is 7.73. The van der Waals surface area contributed by atoms with Gasteiger partial charge in [0.1, 0.15) is 10.7 Å². The van der Waals surface area contributed by atoms with E-state index in [2.05, 4.69) is 15.6 Å². The molecule has 0 atom stereocenters. The standard InChI is InChI=1S/C16H20FN3O4S2/c1-10-14(11-5-6-13(12(17)9-11)26(3,22)23)25-16(19-10)20-15(21)18-7-4-8-24-2/h5-6,9H,4,7-8H2,1-3H3,(H2,18,19,20,21). The van der Waals surface area contributed by atoms with Crippen molar-refractivity contribution < 1.29 is 22.3 Å². The number of methoxy groups -OCH3 is 1. The minimum absolute atomic E-state index is 0.350. The van der Waals surface area contributed by atoms with Crippen molar-refractivity contribution in [1.82, 2.24) is 10.3 Å². The molecule has 0 aliphatic carbocycles. The van der Waals surface area contributed by atoms with Gasteiger partial charge in [0.25, 0.3) is 0 Å². The van der Waals surface area contributed by atoms with Gasteiger partial charge in [-0.3, -0.25) is 5.32 Å². The molecule has 2 aromatic rings. The molecule has 2 rings (SSSR count). The molecule has 10 heteroatoms. The van der Waals surface area contributed by atoms with Crippen LogP contribution in [0.5, 0.6) is 0 Å². The Labute approximate surface area is 155 Å². The quantitative estimate of drug-likeness (QED) is 0.696. The van der Waals surface area contributed by atoms with Crippen molar-refractivity contribution in [3.63, 3.8) is 0 Å². The molecule has 0 unspecified atom stereocenters. The summed E-state index contributed by atoms with van der Waals surface area (Å²) < 4.78 is 42.0. The normalized spacial score (nSPS) is 11.4. The summed E-state index contributed by atoms with van der Waals surface area (Å²) in [5.41, 5.74) is 1.11. The number of benzene rings is 1. The highest BCUT2D eigenvalue weighted by atomic mass is 32.2. The molecule has 2 N–H and O–H groups in total. The van der Waals surface area contributed by atoms with Crippen LogP contribution in [0.1, 0.15) is 12.1 Å². The van der Waals surface area contributed by atoms with Crippen molar-refractivity contribution in [2.75, 3.05) is 31.8 Å². The Balaban J connectivity index is 2.13. The smallest absolute Gasteiger partial charge is 0.321 e. The zero-order valence-corrected chi connectivity index (χ0v) is 16.3. The van der Waals surface area contributed by atoms with Crippen molar-refractivity contribution in [3.8, 4) is 10.4 Å². The molecule has 0 aliphatic heterocycles. The van der Waals surface area contributed by atoms with Crippen LogP contribution in [0.3, 0.4) is 0 Å². The number of nitrogens with zero attached hydrogens (tertiary/aromatic N) is 1. The predicted octanol–water partition coefficient (Wildman–Crippen LogP) is 2.82. The molecule has 0 saturated heterocycles. The van der Waals surface area contributed by atoms with Gasteiger partial charge in [0, 0.05) is 26.5 Å². The number of carbonyl (C=O) groups is 1. The summed E-state index contributed by atoms with van der Waals surface area (Å²) in [6.45, 7) is 2.75. The van der Waals surface area contributed by atoms with Crippen molar-refractivity contribution in [2.24, 2.45) is 0 Å². The van der Waals surface area contributed by atoms with Crippen LogP contribution in [0.4, 0.5) is 14.3 Å². The average Bonchev–Trinajstić information content (AvgIpc) is 2.90. The minimum atomic E-state index is -3.63. The number of aryl methyl sites for hydroxylation is 1. The first-order chi connectivity index (χ1) is 12.2. The largest absolute Gasteiger partial charge is 0.385 e. The van der Waals surface area contributed by atoms with Crippen LogP contribution in [0.25, 0.3) is 10.4 Å². The average molecular weight is 401 g/mol. The number of ether oxygens (including phenoxy) is 1. The van der Waals surface area contributed by atoms with Gasteiger partial charge in [0.05, 0.1) is 10.6 Å². The van der Waals surface area contributed by atoms with E-state index in [1.54, 1.807) is 14.0 Å². The summed E-state index contributed by atoms with van der Waals surface area (Å²) in [5.74, 6) is -0.816. The van der Waals surface area contributed by atoms with Gasteiger partial charge in [-0.25, -0.2) is 22.6 Å². The SMILES string of the molecule is COCCCNC(=O)Nc1nc(C)c(-c2ccc(S(C)(=O)=O)c(F)c2)s1. The Kier molecular flexibility index (Phi) is 6.68. The predicted molar refractivity (Wildman–Crippen MR) is 98.9 cm³/mol. The van der Waals surface area contributed by atoms with E-state index in [4.69, 9.17) is 4.74 Å². The fraction of sp³-hybridized carbons (Fsp3) is 0.375. The second-order valence-corrected chi connectivity index (χ2v) is 8.56. The molecule has 0 aliphatic rings. The third kappa shape index (κ3) is 5.23. The lowest BCUT2D eigenvalue weighted by molar-refractivity contribution is 0.194. The maximum absolute atomic E-state index is 14.1. The molecular weight excluding hydrogens is 381 g/mol. The van der Waals surface area contributed by atoms with Gasteiger partial charge in [0.2, 0.25) is 0 Å². The number of amides is 2. The van der Waals surface area contributed by atoms with Crippen molar-refractivity contribution in [1.29, 1.82) is 0 Å². The van der Waals surface area contributed by atoms with Crippen LogP contribution in [-0.4, -0.2) is 46.0 Å². The second-order valence-electron chi connectivity index (χ2n) is 5.58. The number of thiazole rings is 1. The Hall–Kier alpha value is -2.04. The maximum atomic E-state index is 14.1. The van der Waals surface area contributed by atoms with E-state index in [0.29, 0.717) is 40.8 Å². The monoisotopic (exact) mass is 401 g/mol. The van der Waals surface area contributed by atoms with E-state index in [9.17, 15) is 17.6 Å². The van der Waals surface area contributed by atoms with Crippen LogP contribution >= 0.6 is 11.3 Å². The fourth-order valence-corrected chi connectivity index (χ4v) is 3.91. The Morgan fingerprint density at radius 1 is 1.38 bits per heavy atom. The summed E-state index contributed by atoms with van der Waals surface area (Å²) in [5, 5.41) is 5.67. The van der Waals surface area contributed by atoms with Crippen LogP contribution < -0.4 is 10.6 Å². The molecule has 2 amide bonds. The Bertz CT molecular complexity index is 897. The second kappa shape index (κ2) is 8.56. The first kappa shape index (κ1) is 20.3. The number of aromatic nitrogens is 1. The summed E-state index contributed by atoms with van der Waals surface area (Å²) in [7, 11) is -2.04. The van der Waals surface area contributed by atoms with Crippen LogP contribution in [-0.2, 0) is 14.6 Å². The molecule has 1 aromatic heterocycles. The summed E-state index contributed by atoms with van der Waals surface area (Å²) in [6.07, 6.45) is 1.65. The molecule has 1 aromatic carbocycles. The number of halogens is 1. The topological polar surface area (TPSA) is 97.4 Å². The molecule has 142 valence electrons. The lowest BCUT2D eigenvalue weighted by Gasteiger charge is -2.04. The number of anilines is 1. The van der Waals surface area contributed by atoms with Gasteiger partial charge in [-0.15, -0.1) is 0 Å². The molecule has 26 heavy (non-hydrogen) atoms. The van der Waals surface area contributed by atoms with E-state index in [-0.39, 0.29) is 10.9 Å². The highest BCUT2D eigenvalue weighted by Crippen LogP contribution is 2.34. The number of rotatable bonds is 7. The highest BCUT2D eigenvalue weighted by molar-refractivity contribution is 7.90. The van der Waals surface area contributed by atoms with Crippen LogP contribution in [0.2, 0.25) is 0 Å². The van der Waals surface area contributed by atoms with Gasteiger partial charge < -0.3 is 10.1 Å². The van der Waals surface area contributed by atoms with Gasteiger partial charge >= 0.3 is 6.03 Å². The molecule has 0 fully saturated rings. The van der Waals surface area contributed by atoms with E-state index in [1.165, 1.54) is 23.5 Å². The fourth-order valence-electron chi connectivity index (χ4n) is 2.22. The number of hydrogen-bond acceptors (Lipinski definition) is 6. The summed E-state index contributed by atoms with van der Waals surface area (Å²) >= 11 is 1.18. The highest BCUT2D eigenvalue weighted by Gasteiger charge is 2.17. The van der Waals surface area contributed by atoms with Crippen LogP contribution in [0.15, 0.2) is 23.1 Å². The lowest BCUT2D eigenvalue weighted by atomic mass is 10.1. The number of carbonyl (C=O) groups excluding carboxylic acids is 1. The molecule has 0 saturated carbocycles. The Morgan fingerprint density at radius 3 is 2.73 bits per heavy atom. The third-order valence-corrected chi connectivity index (χ3v) is 5.67. The maximum Gasteiger partial charge on any atom is 0.321 e. The number of hydrogen-bond donors (Lipinski definition) is 2. The van der Waals surface area contributed by atoms with E-state index in [0.717, 1.165) is 12.3 Å². The van der Waals surface area contributed by atoms with Gasteiger partial charge in [-0.2, -0.15) is 0 Å². The van der Waals surface area contributed by atoms with Gasteiger partial charge in [0.15, 0.2) is 15.0 Å². The number of nitrogens with one attached hydrogen (secondary N) is 2. The molecule has 0 bridgehead atoms. The van der Waals surface area contributed by atoms with E-state index >= 15 is 0 Å². The first-order valence-corrected chi connectivity index (χ1v) is 10.4. The molecule has 0 spiro atoms. The number of sulfone groups is 1. The summed E-state index contributed by atoms with van der Waals surface area (Å²) in [4.78, 5) is 16.4. The molecule has 7 nitrogen and oxygen atoms in total. The molecule has 1 heterocycles. The van der Waals surface area contributed by atoms with E-state index < -0.39 is 15.7 Å². The zero-order chi connectivity index (χ0) is 19.3. The van der Waals surface area contributed by atoms with Crippen LogP contribution in [0, 0.1) is 12.7 Å². The van der Waals surface area contributed by atoms with Crippen molar-refractivity contribution >= 4 is 32.3 Å². The molecular formula is C16H20FN3O4S2. The van der Waals surface area contributed by atoms with Gasteiger partial charge in [-0.05, 0) is 31.0 Å². The van der Waals surface area contributed by atoms with Crippen molar-refractivity contribution in [3.05, 3.63) is 29.7 Å². The summed E-state index contributed by atoms with van der Waals surface area (Å²) in [6, 6.07) is 3.52. The Morgan fingerprint density at radius 2 is 2.12 bits per heavy atom. The lowest BCUT2D eigenvalue weighted by Crippen LogP contribution is -2.29.